The van der Waals surface area contributed by atoms with Gasteiger partial charge in [-0.15, -0.1) is 0 Å². The predicted octanol–water partition coefficient (Wildman–Crippen LogP) is 5.86. The lowest BCUT2D eigenvalue weighted by Gasteiger charge is -2.19. The molecule has 30 heavy (non-hydrogen) atoms. The second-order valence-corrected chi connectivity index (χ2v) is 6.85. The number of carbonyl (C=O) groups excluding carboxylic acids is 2. The van der Waals surface area contributed by atoms with E-state index < -0.39 is 12.1 Å². The van der Waals surface area contributed by atoms with Gasteiger partial charge in [0.1, 0.15) is 0 Å². The van der Waals surface area contributed by atoms with Crippen LogP contribution in [0.4, 0.5) is 0 Å². The van der Waals surface area contributed by atoms with Gasteiger partial charge in [0.15, 0.2) is 11.9 Å². The highest BCUT2D eigenvalue weighted by atomic mass is 16.5. The first kappa shape index (κ1) is 19.3. The van der Waals surface area contributed by atoms with Gasteiger partial charge in [-0.1, -0.05) is 109 Å². The number of ether oxygens (including phenoxy) is 1. The van der Waals surface area contributed by atoms with Crippen LogP contribution in [-0.4, -0.2) is 11.8 Å². The van der Waals surface area contributed by atoms with E-state index >= 15 is 0 Å². The molecule has 0 aliphatic heterocycles. The summed E-state index contributed by atoms with van der Waals surface area (Å²) in [4.78, 5) is 26.2. The first-order chi connectivity index (χ1) is 14.7. The largest absolute Gasteiger partial charge is 0.449 e. The molecule has 0 heterocycles. The van der Waals surface area contributed by atoms with Crippen molar-refractivity contribution in [2.75, 3.05) is 0 Å². The second kappa shape index (κ2) is 9.01. The molecule has 0 amide bonds. The molecule has 0 N–H and O–H groups in total. The number of benzene rings is 4. The highest BCUT2D eigenvalue weighted by Gasteiger charge is 2.24. The number of carbonyl (C=O) groups is 2. The molecule has 0 aliphatic rings. The molecule has 0 spiro atoms. The van der Waals surface area contributed by atoms with Crippen LogP contribution in [-0.2, 0) is 4.74 Å². The zero-order chi connectivity index (χ0) is 20.8. The van der Waals surface area contributed by atoms with Gasteiger partial charge in [-0.3, -0.25) is 4.79 Å². The number of rotatable bonds is 6. The summed E-state index contributed by atoms with van der Waals surface area (Å²) >= 11 is 0. The third kappa shape index (κ3) is 4.20. The van der Waals surface area contributed by atoms with Gasteiger partial charge in [0.2, 0.25) is 0 Å². The Morgan fingerprint density at radius 1 is 0.533 bits per heavy atom. The van der Waals surface area contributed by atoms with Crippen LogP contribution in [0.15, 0.2) is 115 Å². The Balaban J connectivity index is 1.68. The number of hydrogen-bond donors (Lipinski definition) is 0. The Kier molecular flexibility index (Phi) is 5.81. The highest BCUT2D eigenvalue weighted by molar-refractivity contribution is 6.14. The maximum atomic E-state index is 13.2. The maximum absolute atomic E-state index is 13.2. The fraction of sp³-hybridized carbons (Fsp3) is 0.0370. The molecular weight excluding hydrogens is 372 g/mol. The molecule has 0 unspecified atom stereocenters. The van der Waals surface area contributed by atoms with Gasteiger partial charge in [-0.25, -0.2) is 4.79 Å². The van der Waals surface area contributed by atoms with Gasteiger partial charge < -0.3 is 4.74 Å². The summed E-state index contributed by atoms with van der Waals surface area (Å²) in [6, 6.07) is 34.9. The fourth-order valence-electron chi connectivity index (χ4n) is 3.36. The van der Waals surface area contributed by atoms with E-state index in [0.29, 0.717) is 11.1 Å². The van der Waals surface area contributed by atoms with Crippen molar-refractivity contribution >= 4 is 11.8 Å². The molecule has 0 atom stereocenters. The topological polar surface area (TPSA) is 43.4 Å². The molecule has 4 aromatic carbocycles. The van der Waals surface area contributed by atoms with E-state index in [1.807, 2.05) is 66.7 Å². The fourth-order valence-corrected chi connectivity index (χ4v) is 3.36. The molecule has 0 fully saturated rings. The van der Waals surface area contributed by atoms with Crippen molar-refractivity contribution in [2.45, 2.75) is 6.10 Å². The Morgan fingerprint density at radius 2 is 0.967 bits per heavy atom. The van der Waals surface area contributed by atoms with Crippen molar-refractivity contribution in [1.29, 1.82) is 0 Å². The molecule has 4 rings (SSSR count). The minimum atomic E-state index is -0.570. The molecule has 0 aliphatic carbocycles. The average Bonchev–Trinajstić information content (AvgIpc) is 2.83. The monoisotopic (exact) mass is 392 g/mol. The van der Waals surface area contributed by atoms with E-state index in [0.717, 1.165) is 11.1 Å². The van der Waals surface area contributed by atoms with Crippen molar-refractivity contribution in [3.8, 4) is 0 Å². The molecule has 0 bridgehead atoms. The van der Waals surface area contributed by atoms with Gasteiger partial charge in [0, 0.05) is 11.1 Å². The maximum Gasteiger partial charge on any atom is 0.339 e. The van der Waals surface area contributed by atoms with Crippen molar-refractivity contribution in [2.24, 2.45) is 0 Å². The van der Waals surface area contributed by atoms with Gasteiger partial charge in [0.05, 0.1) is 5.56 Å². The van der Waals surface area contributed by atoms with Gasteiger partial charge >= 0.3 is 5.97 Å². The van der Waals surface area contributed by atoms with Crippen molar-refractivity contribution < 1.29 is 14.3 Å². The van der Waals surface area contributed by atoms with Gasteiger partial charge in [-0.05, 0) is 17.2 Å². The van der Waals surface area contributed by atoms with Gasteiger partial charge in [-0.2, -0.15) is 0 Å². The summed E-state index contributed by atoms with van der Waals surface area (Å²) in [5.41, 5.74) is 2.84. The molecule has 0 saturated heterocycles. The molecule has 0 aromatic heterocycles. The van der Waals surface area contributed by atoms with Crippen molar-refractivity contribution in [1.82, 2.24) is 0 Å². The number of esters is 1. The van der Waals surface area contributed by atoms with Crippen LogP contribution >= 0.6 is 0 Å². The lowest BCUT2D eigenvalue weighted by Crippen LogP contribution is -2.16. The van der Waals surface area contributed by atoms with Crippen molar-refractivity contribution in [3.05, 3.63) is 143 Å². The summed E-state index contributed by atoms with van der Waals surface area (Å²) in [5.74, 6) is -0.744. The smallest absolute Gasteiger partial charge is 0.339 e. The second-order valence-electron chi connectivity index (χ2n) is 6.85. The molecule has 3 nitrogen and oxygen atoms in total. The lowest BCUT2D eigenvalue weighted by atomic mass is 9.98. The summed E-state index contributed by atoms with van der Waals surface area (Å²) in [6.45, 7) is 0. The van der Waals surface area contributed by atoms with E-state index in [9.17, 15) is 9.59 Å². The normalized spacial score (nSPS) is 10.6. The Morgan fingerprint density at radius 3 is 1.50 bits per heavy atom. The predicted molar refractivity (Wildman–Crippen MR) is 116 cm³/mol. The SMILES string of the molecule is O=C(OC(c1ccccc1)c1ccccc1)c1ccccc1C(=O)c1ccccc1. The Hall–Kier alpha value is -3.98. The zero-order valence-electron chi connectivity index (χ0n) is 16.3. The molecule has 146 valence electrons. The summed E-state index contributed by atoms with van der Waals surface area (Å²) in [5, 5.41) is 0. The van der Waals surface area contributed by atoms with Crippen LogP contribution in [0.2, 0.25) is 0 Å². The minimum Gasteiger partial charge on any atom is -0.449 e. The molecule has 3 heteroatoms. The summed E-state index contributed by atoms with van der Waals surface area (Å²) < 4.78 is 5.94. The quantitative estimate of drug-likeness (QED) is 0.305. The Labute approximate surface area is 175 Å². The first-order valence-corrected chi connectivity index (χ1v) is 9.73. The number of ketones is 1. The third-order valence-electron chi connectivity index (χ3n) is 4.86. The first-order valence-electron chi connectivity index (χ1n) is 9.73. The van der Waals surface area contributed by atoms with Crippen LogP contribution in [0.3, 0.4) is 0 Å². The van der Waals surface area contributed by atoms with E-state index in [4.69, 9.17) is 4.74 Å². The molecular formula is C27H20O3. The Bertz CT molecular complexity index is 1100. The average molecular weight is 392 g/mol. The molecule has 0 saturated carbocycles. The van der Waals surface area contributed by atoms with Crippen LogP contribution in [0, 0.1) is 0 Å². The van der Waals surface area contributed by atoms with Crippen molar-refractivity contribution in [3.63, 3.8) is 0 Å². The van der Waals surface area contributed by atoms with E-state index in [2.05, 4.69) is 0 Å². The summed E-state index contributed by atoms with van der Waals surface area (Å²) in [7, 11) is 0. The van der Waals surface area contributed by atoms with E-state index in [1.165, 1.54) is 0 Å². The number of hydrogen-bond acceptors (Lipinski definition) is 3. The van der Waals surface area contributed by atoms with E-state index in [1.54, 1.807) is 48.5 Å². The lowest BCUT2D eigenvalue weighted by molar-refractivity contribution is 0.0376. The van der Waals surface area contributed by atoms with Crippen LogP contribution in [0.5, 0.6) is 0 Å². The standard InChI is InChI=1S/C27H20O3/c28-25(20-12-4-1-5-13-20)23-18-10-11-19-24(23)27(29)30-26(21-14-6-2-7-15-21)22-16-8-3-9-17-22/h1-19,26H. The molecule has 4 aromatic rings. The highest BCUT2D eigenvalue weighted by Crippen LogP contribution is 2.28. The zero-order valence-corrected chi connectivity index (χ0v) is 16.3. The van der Waals surface area contributed by atoms with Crippen LogP contribution in [0.25, 0.3) is 0 Å². The van der Waals surface area contributed by atoms with E-state index in [-0.39, 0.29) is 11.3 Å². The minimum absolute atomic E-state index is 0.209. The third-order valence-corrected chi connectivity index (χ3v) is 4.86. The summed E-state index contributed by atoms with van der Waals surface area (Å²) in [6.07, 6.45) is -0.570. The molecule has 0 radical (unpaired) electrons. The van der Waals surface area contributed by atoms with Gasteiger partial charge in [0.25, 0.3) is 0 Å². The van der Waals surface area contributed by atoms with Crippen LogP contribution < -0.4 is 0 Å². The van der Waals surface area contributed by atoms with Crippen LogP contribution in [0.1, 0.15) is 43.5 Å².